The molecule has 0 heterocycles. The minimum absolute atomic E-state index is 0.0979. The summed E-state index contributed by atoms with van der Waals surface area (Å²) >= 11 is 0. The molecule has 0 N–H and O–H groups in total. The molecule has 0 aromatic heterocycles. The highest BCUT2D eigenvalue weighted by Gasteiger charge is 2.19. The lowest BCUT2D eigenvalue weighted by Gasteiger charge is -2.18. The van der Waals surface area contributed by atoms with Crippen molar-refractivity contribution >= 4 is 17.9 Å². The summed E-state index contributed by atoms with van der Waals surface area (Å²) in [6, 6.07) is 0. The summed E-state index contributed by atoms with van der Waals surface area (Å²) in [4.78, 5) is 38.0. The van der Waals surface area contributed by atoms with Gasteiger partial charge in [-0.3, -0.25) is 14.4 Å². The number of esters is 3. The van der Waals surface area contributed by atoms with Crippen LogP contribution in [0.1, 0.15) is 226 Å². The Labute approximate surface area is 400 Å². The van der Waals surface area contributed by atoms with Crippen molar-refractivity contribution in [3.63, 3.8) is 0 Å². The zero-order valence-electron chi connectivity index (χ0n) is 42.0. The normalized spacial score (nSPS) is 13.0. The molecule has 1 unspecified atom stereocenters. The van der Waals surface area contributed by atoms with Crippen molar-refractivity contribution in [2.24, 2.45) is 0 Å². The van der Waals surface area contributed by atoms with Crippen LogP contribution in [0.2, 0.25) is 0 Å². The van der Waals surface area contributed by atoms with Crippen molar-refractivity contribution in [1.29, 1.82) is 0 Å². The van der Waals surface area contributed by atoms with Crippen molar-refractivity contribution in [2.45, 2.75) is 232 Å². The lowest BCUT2D eigenvalue weighted by atomic mass is 10.1. The Bertz CT molecular complexity index is 1360. The van der Waals surface area contributed by atoms with Gasteiger partial charge < -0.3 is 14.2 Å². The van der Waals surface area contributed by atoms with E-state index in [1.54, 1.807) is 0 Å². The number of ether oxygens (including phenoxy) is 3. The van der Waals surface area contributed by atoms with Crippen LogP contribution in [0.15, 0.2) is 109 Å². The zero-order chi connectivity index (χ0) is 47.2. The highest BCUT2D eigenvalue weighted by molar-refractivity contribution is 5.71. The Morgan fingerprint density at radius 2 is 0.600 bits per heavy atom. The van der Waals surface area contributed by atoms with Gasteiger partial charge in [0.05, 0.1) is 0 Å². The molecule has 65 heavy (non-hydrogen) atoms. The second kappa shape index (κ2) is 52.7. The van der Waals surface area contributed by atoms with Gasteiger partial charge in [-0.1, -0.05) is 201 Å². The SMILES string of the molecule is CC/C=C\C/C=C\C/C=C\C/C=C\C/C=C\CCCCCCCC(=O)OCC(COC(=O)CCCCCCC/C=C\CCCC)OC(=O)CCCCCCC/C=C\C/C=C\C/C=C\CC. The molecular formula is C59H96O6. The third-order valence-corrected chi connectivity index (χ3v) is 10.7. The molecule has 0 fully saturated rings. The van der Waals surface area contributed by atoms with Gasteiger partial charge in [-0.25, -0.2) is 0 Å². The summed E-state index contributed by atoms with van der Waals surface area (Å²) in [6.07, 6.45) is 70.7. The molecule has 6 nitrogen and oxygen atoms in total. The number of hydrogen-bond acceptors (Lipinski definition) is 6. The van der Waals surface area contributed by atoms with Crippen molar-refractivity contribution < 1.29 is 28.6 Å². The van der Waals surface area contributed by atoms with Crippen LogP contribution < -0.4 is 0 Å². The topological polar surface area (TPSA) is 78.9 Å². The standard InChI is InChI=1S/C59H96O6/c1-4-7-10-13-16-19-22-24-26-27-28-29-30-31-33-34-37-40-43-46-49-52-58(61)64-55-56(54-63-57(60)51-48-45-42-39-36-21-18-15-12-9-6-3)65-59(62)53-50-47-44-41-38-35-32-25-23-20-17-14-11-8-5-2/h7-8,10-11,15-20,24-26,28-29,31-33,56H,4-6,9,12-14,21-23,27,30,34-55H2,1-3H3/b10-7-,11-8-,18-15-,19-16-,20-17-,26-24-,29-28-,32-25-,33-31-. The molecule has 6 heteroatoms. The van der Waals surface area contributed by atoms with E-state index in [1.165, 1.54) is 25.7 Å². The Morgan fingerprint density at radius 1 is 0.323 bits per heavy atom. The van der Waals surface area contributed by atoms with Crippen LogP contribution in [0.3, 0.4) is 0 Å². The van der Waals surface area contributed by atoms with E-state index < -0.39 is 6.10 Å². The van der Waals surface area contributed by atoms with Crippen LogP contribution in [0.5, 0.6) is 0 Å². The van der Waals surface area contributed by atoms with Crippen molar-refractivity contribution in [3.8, 4) is 0 Å². The Morgan fingerprint density at radius 3 is 0.954 bits per heavy atom. The number of rotatable bonds is 46. The molecule has 0 aromatic rings. The van der Waals surface area contributed by atoms with E-state index in [9.17, 15) is 14.4 Å². The summed E-state index contributed by atoms with van der Waals surface area (Å²) in [5.74, 6) is -0.949. The van der Waals surface area contributed by atoms with Crippen molar-refractivity contribution in [3.05, 3.63) is 109 Å². The quantitative estimate of drug-likeness (QED) is 0.0262. The minimum atomic E-state index is -0.800. The van der Waals surface area contributed by atoms with E-state index in [-0.39, 0.29) is 31.1 Å². The van der Waals surface area contributed by atoms with Gasteiger partial charge in [-0.05, 0) is 116 Å². The Kier molecular flexibility index (Phi) is 49.5. The van der Waals surface area contributed by atoms with Crippen LogP contribution in [-0.2, 0) is 28.6 Å². The maximum atomic E-state index is 12.8. The smallest absolute Gasteiger partial charge is 0.306 e. The first-order chi connectivity index (χ1) is 32.0. The lowest BCUT2D eigenvalue weighted by molar-refractivity contribution is -0.167. The first-order valence-corrected chi connectivity index (χ1v) is 26.4. The number of allylic oxidation sites excluding steroid dienone is 18. The van der Waals surface area contributed by atoms with Crippen molar-refractivity contribution in [1.82, 2.24) is 0 Å². The van der Waals surface area contributed by atoms with Gasteiger partial charge >= 0.3 is 17.9 Å². The maximum absolute atomic E-state index is 12.8. The molecule has 0 amide bonds. The van der Waals surface area contributed by atoms with Crippen LogP contribution in [0.4, 0.5) is 0 Å². The molecule has 1 atom stereocenters. The first kappa shape index (κ1) is 61.1. The molecular weight excluding hydrogens is 805 g/mol. The summed E-state index contributed by atoms with van der Waals surface area (Å²) in [5.41, 5.74) is 0. The maximum Gasteiger partial charge on any atom is 0.306 e. The zero-order valence-corrected chi connectivity index (χ0v) is 42.0. The molecule has 0 bridgehead atoms. The summed E-state index contributed by atoms with van der Waals surface area (Å²) in [5, 5.41) is 0. The fourth-order valence-electron chi connectivity index (χ4n) is 6.82. The molecule has 0 aliphatic carbocycles. The number of carbonyl (C=O) groups is 3. The average Bonchev–Trinajstić information content (AvgIpc) is 3.30. The lowest BCUT2D eigenvalue weighted by Crippen LogP contribution is -2.30. The minimum Gasteiger partial charge on any atom is -0.462 e. The predicted octanol–water partition coefficient (Wildman–Crippen LogP) is 17.5. The van der Waals surface area contributed by atoms with Crippen LogP contribution >= 0.6 is 0 Å². The second-order valence-electron chi connectivity index (χ2n) is 17.0. The molecule has 0 spiro atoms. The second-order valence-corrected chi connectivity index (χ2v) is 17.0. The fourth-order valence-corrected chi connectivity index (χ4v) is 6.82. The molecule has 0 aliphatic rings. The molecule has 0 saturated carbocycles. The van der Waals surface area contributed by atoms with Crippen LogP contribution in [0, 0.1) is 0 Å². The molecule has 0 saturated heterocycles. The van der Waals surface area contributed by atoms with Gasteiger partial charge in [0, 0.05) is 19.3 Å². The summed E-state index contributed by atoms with van der Waals surface area (Å²) in [7, 11) is 0. The predicted molar refractivity (Wildman–Crippen MR) is 279 cm³/mol. The van der Waals surface area contributed by atoms with Gasteiger partial charge in [0.2, 0.25) is 0 Å². The molecule has 0 rings (SSSR count). The summed E-state index contributed by atoms with van der Waals surface area (Å²) < 4.78 is 16.8. The molecule has 368 valence electrons. The molecule has 0 aliphatic heterocycles. The van der Waals surface area contributed by atoms with Crippen LogP contribution in [-0.4, -0.2) is 37.2 Å². The van der Waals surface area contributed by atoms with Gasteiger partial charge in [0.15, 0.2) is 6.10 Å². The van der Waals surface area contributed by atoms with Gasteiger partial charge in [0.25, 0.3) is 0 Å². The van der Waals surface area contributed by atoms with Crippen molar-refractivity contribution in [2.75, 3.05) is 13.2 Å². The van der Waals surface area contributed by atoms with E-state index in [2.05, 4.69) is 130 Å². The largest absolute Gasteiger partial charge is 0.462 e. The highest BCUT2D eigenvalue weighted by Crippen LogP contribution is 2.13. The summed E-state index contributed by atoms with van der Waals surface area (Å²) in [6.45, 7) is 6.32. The van der Waals surface area contributed by atoms with E-state index in [4.69, 9.17) is 14.2 Å². The number of unbranched alkanes of at least 4 members (excludes halogenated alkanes) is 17. The monoisotopic (exact) mass is 901 g/mol. The highest BCUT2D eigenvalue weighted by atomic mass is 16.6. The fraction of sp³-hybridized carbons (Fsp3) is 0.644. The Hall–Kier alpha value is -3.93. The average molecular weight is 901 g/mol. The Balaban J connectivity index is 4.43. The van der Waals surface area contributed by atoms with E-state index in [0.717, 1.165) is 161 Å². The first-order valence-electron chi connectivity index (χ1n) is 26.4. The van der Waals surface area contributed by atoms with Gasteiger partial charge in [-0.2, -0.15) is 0 Å². The van der Waals surface area contributed by atoms with Gasteiger partial charge in [-0.15, -0.1) is 0 Å². The van der Waals surface area contributed by atoms with E-state index in [1.807, 2.05) is 0 Å². The number of carbonyl (C=O) groups excluding carboxylic acids is 3. The third-order valence-electron chi connectivity index (χ3n) is 10.7. The molecule has 0 radical (unpaired) electrons. The van der Waals surface area contributed by atoms with E-state index >= 15 is 0 Å². The van der Waals surface area contributed by atoms with E-state index in [0.29, 0.717) is 19.3 Å². The van der Waals surface area contributed by atoms with Crippen LogP contribution in [0.25, 0.3) is 0 Å². The third kappa shape index (κ3) is 50.9. The van der Waals surface area contributed by atoms with Gasteiger partial charge in [0.1, 0.15) is 13.2 Å². The molecule has 0 aromatic carbocycles. The number of hydrogen-bond donors (Lipinski definition) is 0.